The van der Waals surface area contributed by atoms with Gasteiger partial charge in [0.2, 0.25) is 0 Å². The zero-order valence-electron chi connectivity index (χ0n) is 17.4. The van der Waals surface area contributed by atoms with E-state index in [9.17, 15) is 10.1 Å². The zero-order chi connectivity index (χ0) is 21.5. The van der Waals surface area contributed by atoms with Crippen molar-refractivity contribution in [3.05, 3.63) is 76.7 Å². The second kappa shape index (κ2) is 10.2. The van der Waals surface area contributed by atoms with Crippen LogP contribution in [0.1, 0.15) is 24.7 Å². The summed E-state index contributed by atoms with van der Waals surface area (Å²) in [6, 6.07) is 14.7. The highest BCUT2D eigenvalue weighted by Gasteiger charge is 2.23. The van der Waals surface area contributed by atoms with Crippen molar-refractivity contribution >= 4 is 11.4 Å². The second-order valence-corrected chi connectivity index (χ2v) is 7.54. The second-order valence-electron chi connectivity index (χ2n) is 7.54. The van der Waals surface area contributed by atoms with Gasteiger partial charge in [-0.15, -0.1) is 0 Å². The van der Waals surface area contributed by atoms with Crippen LogP contribution >= 0.6 is 0 Å². The molecule has 1 fully saturated rings. The van der Waals surface area contributed by atoms with Gasteiger partial charge in [0, 0.05) is 32.2 Å². The molecule has 31 heavy (non-hydrogen) atoms. The van der Waals surface area contributed by atoms with E-state index in [1.54, 1.807) is 12.1 Å². The zero-order valence-corrected chi connectivity index (χ0v) is 17.4. The molecule has 0 saturated carbocycles. The number of nitro groups is 1. The third-order valence-corrected chi connectivity index (χ3v) is 5.55. The molecule has 0 atom stereocenters. The van der Waals surface area contributed by atoms with Crippen molar-refractivity contribution in [3.63, 3.8) is 0 Å². The van der Waals surface area contributed by atoms with E-state index in [0.717, 1.165) is 56.9 Å². The van der Waals surface area contributed by atoms with Crippen LogP contribution in [0.5, 0.6) is 5.75 Å². The van der Waals surface area contributed by atoms with E-state index in [2.05, 4.69) is 9.80 Å². The predicted molar refractivity (Wildman–Crippen MR) is 117 cm³/mol. The van der Waals surface area contributed by atoms with Crippen LogP contribution in [0, 0.1) is 10.1 Å². The summed E-state index contributed by atoms with van der Waals surface area (Å²) in [6.45, 7) is 5.02. The van der Waals surface area contributed by atoms with Crippen LogP contribution in [0.2, 0.25) is 0 Å². The largest absolute Gasteiger partial charge is 0.493 e. The molecule has 0 aromatic heterocycles. The molecule has 8 heteroatoms. The Kier molecular flexibility index (Phi) is 6.89. The molecule has 0 unspecified atom stereocenters. The van der Waals surface area contributed by atoms with Gasteiger partial charge in [-0.05, 0) is 37.6 Å². The van der Waals surface area contributed by atoms with E-state index >= 15 is 0 Å². The summed E-state index contributed by atoms with van der Waals surface area (Å²) in [5.74, 6) is 0.786. The number of nitro benzene ring substituents is 1. The summed E-state index contributed by atoms with van der Waals surface area (Å²) in [5, 5.41) is 11.3. The van der Waals surface area contributed by atoms with Gasteiger partial charge in [0.1, 0.15) is 24.0 Å². The van der Waals surface area contributed by atoms with Crippen molar-refractivity contribution in [1.29, 1.82) is 0 Å². The molecule has 2 aliphatic heterocycles. The third kappa shape index (κ3) is 5.27. The molecule has 8 nitrogen and oxygen atoms in total. The summed E-state index contributed by atoms with van der Waals surface area (Å²) in [6.07, 6.45) is 4.62. The standard InChI is InChI=1S/C23H27N3O5/c27-26(28)21-9-3-2-8-20(21)25-14-12-24(13-15-25)11-5-6-16-29-22-10-4-1-7-19(22)23-30-17-18-31-23/h1-4,7-10,17-18,23H,5-6,11-16H2. The van der Waals surface area contributed by atoms with Crippen LogP contribution in [-0.2, 0) is 9.47 Å². The molecule has 4 rings (SSSR count). The van der Waals surface area contributed by atoms with Crippen molar-refractivity contribution in [3.8, 4) is 5.75 Å². The van der Waals surface area contributed by atoms with Gasteiger partial charge in [-0.25, -0.2) is 0 Å². The minimum absolute atomic E-state index is 0.178. The van der Waals surface area contributed by atoms with Crippen LogP contribution in [-0.4, -0.2) is 49.2 Å². The molecule has 0 spiro atoms. The Balaban J connectivity index is 1.18. The number of para-hydroxylation sites is 3. The lowest BCUT2D eigenvalue weighted by atomic mass is 10.2. The fraction of sp³-hybridized carbons (Fsp3) is 0.391. The molecule has 1 saturated heterocycles. The molecular weight excluding hydrogens is 398 g/mol. The van der Waals surface area contributed by atoms with E-state index in [0.29, 0.717) is 12.3 Å². The lowest BCUT2D eigenvalue weighted by Gasteiger charge is -2.35. The number of benzene rings is 2. The number of ether oxygens (including phenoxy) is 3. The Morgan fingerprint density at radius 2 is 1.68 bits per heavy atom. The normalized spacial score (nSPS) is 16.7. The van der Waals surface area contributed by atoms with Crippen LogP contribution in [0.15, 0.2) is 61.1 Å². The number of piperazine rings is 1. The van der Waals surface area contributed by atoms with Crippen LogP contribution in [0.3, 0.4) is 0 Å². The van der Waals surface area contributed by atoms with E-state index in [1.165, 1.54) is 12.5 Å². The van der Waals surface area contributed by atoms with Crippen LogP contribution in [0.25, 0.3) is 0 Å². The average Bonchev–Trinajstić information content (AvgIpc) is 3.34. The summed E-state index contributed by atoms with van der Waals surface area (Å²) < 4.78 is 16.8. The first kappa shape index (κ1) is 21.0. The number of unbranched alkanes of at least 4 members (excludes halogenated alkanes) is 1. The van der Waals surface area contributed by atoms with Gasteiger partial charge < -0.3 is 19.1 Å². The van der Waals surface area contributed by atoms with E-state index in [4.69, 9.17) is 14.2 Å². The fourth-order valence-corrected chi connectivity index (χ4v) is 3.91. The predicted octanol–water partition coefficient (Wildman–Crippen LogP) is 4.09. The maximum absolute atomic E-state index is 11.3. The molecule has 2 aliphatic rings. The Bertz CT molecular complexity index is 904. The van der Waals surface area contributed by atoms with Crippen molar-refractivity contribution in [2.45, 2.75) is 19.1 Å². The van der Waals surface area contributed by atoms with Crippen LogP contribution < -0.4 is 9.64 Å². The van der Waals surface area contributed by atoms with E-state index in [1.807, 2.05) is 36.4 Å². The van der Waals surface area contributed by atoms with Crippen LogP contribution in [0.4, 0.5) is 11.4 Å². The molecule has 0 N–H and O–H groups in total. The van der Waals surface area contributed by atoms with Gasteiger partial charge in [-0.3, -0.25) is 15.0 Å². The molecule has 0 bridgehead atoms. The van der Waals surface area contributed by atoms with Gasteiger partial charge in [0.15, 0.2) is 0 Å². The maximum Gasteiger partial charge on any atom is 0.292 e. The third-order valence-electron chi connectivity index (χ3n) is 5.55. The maximum atomic E-state index is 11.3. The van der Waals surface area contributed by atoms with E-state index < -0.39 is 6.29 Å². The molecule has 2 heterocycles. The fourth-order valence-electron chi connectivity index (χ4n) is 3.91. The quantitative estimate of drug-likeness (QED) is 0.340. The topological polar surface area (TPSA) is 77.3 Å². The first-order chi connectivity index (χ1) is 15.2. The van der Waals surface area contributed by atoms with Gasteiger partial charge >= 0.3 is 0 Å². The van der Waals surface area contributed by atoms with Crippen molar-refractivity contribution in [2.75, 3.05) is 44.2 Å². The molecule has 0 amide bonds. The summed E-state index contributed by atoms with van der Waals surface area (Å²) in [4.78, 5) is 15.5. The smallest absolute Gasteiger partial charge is 0.292 e. The molecule has 164 valence electrons. The number of anilines is 1. The van der Waals surface area contributed by atoms with Gasteiger partial charge in [-0.1, -0.05) is 24.3 Å². The van der Waals surface area contributed by atoms with Crippen molar-refractivity contribution in [2.24, 2.45) is 0 Å². The van der Waals surface area contributed by atoms with Crippen molar-refractivity contribution < 1.29 is 19.1 Å². The van der Waals surface area contributed by atoms with Crippen molar-refractivity contribution in [1.82, 2.24) is 4.90 Å². The molecule has 2 aromatic rings. The molecular formula is C23H27N3O5. The van der Waals surface area contributed by atoms with E-state index in [-0.39, 0.29) is 10.6 Å². The highest BCUT2D eigenvalue weighted by Crippen LogP contribution is 2.31. The van der Waals surface area contributed by atoms with Gasteiger partial charge in [0.05, 0.1) is 17.1 Å². The first-order valence-corrected chi connectivity index (χ1v) is 10.6. The lowest BCUT2D eigenvalue weighted by Crippen LogP contribution is -2.46. The highest BCUT2D eigenvalue weighted by molar-refractivity contribution is 5.63. The summed E-state index contributed by atoms with van der Waals surface area (Å²) in [7, 11) is 0. The molecule has 0 aliphatic carbocycles. The average molecular weight is 425 g/mol. The molecule has 0 radical (unpaired) electrons. The van der Waals surface area contributed by atoms with Gasteiger partial charge in [-0.2, -0.15) is 0 Å². The Hall–Kier alpha value is -3.26. The summed E-state index contributed by atoms with van der Waals surface area (Å²) in [5.41, 5.74) is 1.78. The SMILES string of the molecule is O=[N+]([O-])c1ccccc1N1CCN(CCCCOc2ccccc2C2OC=CO2)CC1. The summed E-state index contributed by atoms with van der Waals surface area (Å²) >= 11 is 0. The Labute approximate surface area is 181 Å². The number of nitrogens with zero attached hydrogens (tertiary/aromatic N) is 3. The minimum atomic E-state index is -0.437. The Morgan fingerprint density at radius 3 is 2.45 bits per heavy atom. The first-order valence-electron chi connectivity index (χ1n) is 10.6. The highest BCUT2D eigenvalue weighted by atomic mass is 16.7. The minimum Gasteiger partial charge on any atom is -0.493 e. The molecule has 2 aromatic carbocycles. The lowest BCUT2D eigenvalue weighted by molar-refractivity contribution is -0.384. The number of hydrogen-bond donors (Lipinski definition) is 0. The number of hydrogen-bond acceptors (Lipinski definition) is 7. The Morgan fingerprint density at radius 1 is 0.968 bits per heavy atom. The monoisotopic (exact) mass is 425 g/mol. The number of rotatable bonds is 9. The van der Waals surface area contributed by atoms with Gasteiger partial charge in [0.25, 0.3) is 12.0 Å².